The van der Waals surface area contributed by atoms with Gasteiger partial charge in [0, 0.05) is 6.07 Å². The van der Waals surface area contributed by atoms with Crippen LogP contribution in [0.2, 0.25) is 0 Å². The molecule has 0 aliphatic heterocycles. The molecule has 0 spiro atoms. The number of para-hydroxylation sites is 1. The van der Waals surface area contributed by atoms with Crippen LogP contribution in [0.3, 0.4) is 0 Å². The predicted molar refractivity (Wildman–Crippen MR) is 123 cm³/mol. The molecular weight excluding hydrogens is 444 g/mol. The van der Waals surface area contributed by atoms with Crippen molar-refractivity contribution in [3.05, 3.63) is 97.6 Å². The van der Waals surface area contributed by atoms with Crippen LogP contribution in [0.1, 0.15) is 16.7 Å². The third-order valence-electron chi connectivity index (χ3n) is 4.60. The second-order valence-corrected chi connectivity index (χ2v) is 7.14. The number of nitrogens with one attached hydrogen (secondary N) is 1. The summed E-state index contributed by atoms with van der Waals surface area (Å²) in [7, 11) is 0. The second-order valence-electron chi connectivity index (χ2n) is 7.14. The fraction of sp³-hybridized carbons (Fsp3) is 0.130. The molecule has 0 aliphatic carbocycles. The van der Waals surface area contributed by atoms with Gasteiger partial charge in [-0.05, 0) is 48.7 Å². The first kappa shape index (κ1) is 23.9. The summed E-state index contributed by atoms with van der Waals surface area (Å²) in [5, 5.41) is 26.0. The van der Waals surface area contributed by atoms with Crippen molar-refractivity contribution in [2.45, 2.75) is 13.8 Å². The van der Waals surface area contributed by atoms with E-state index in [1.165, 1.54) is 12.3 Å². The maximum absolute atomic E-state index is 12.0. The van der Waals surface area contributed by atoms with Crippen molar-refractivity contribution >= 4 is 23.5 Å². The van der Waals surface area contributed by atoms with Gasteiger partial charge in [0.25, 0.3) is 11.6 Å². The summed E-state index contributed by atoms with van der Waals surface area (Å²) in [5.74, 6) is 0.284. The zero-order chi connectivity index (χ0) is 24.7. The Labute approximate surface area is 193 Å². The first-order valence-corrected chi connectivity index (χ1v) is 9.96. The summed E-state index contributed by atoms with van der Waals surface area (Å²) in [6.45, 7) is 3.56. The molecule has 0 aliphatic rings. The number of benzene rings is 3. The highest BCUT2D eigenvalue weighted by atomic mass is 16.6. The number of hydrogen-bond donors (Lipinski definition) is 1. The third kappa shape index (κ3) is 6.13. The van der Waals surface area contributed by atoms with Gasteiger partial charge in [0.05, 0.1) is 22.1 Å². The number of carbonyl (C=O) groups is 1. The number of rotatable bonds is 9. The molecule has 3 aromatic rings. The van der Waals surface area contributed by atoms with Crippen molar-refractivity contribution in [1.29, 1.82) is 0 Å². The van der Waals surface area contributed by atoms with Crippen LogP contribution in [-0.4, -0.2) is 28.6 Å². The van der Waals surface area contributed by atoms with E-state index < -0.39 is 27.1 Å². The summed E-state index contributed by atoms with van der Waals surface area (Å²) in [6.07, 6.45) is 1.37. The van der Waals surface area contributed by atoms with Gasteiger partial charge in [-0.3, -0.25) is 25.0 Å². The van der Waals surface area contributed by atoms with Crippen LogP contribution in [0.15, 0.2) is 65.8 Å². The largest absolute Gasteiger partial charge is 0.483 e. The second kappa shape index (κ2) is 10.7. The average molecular weight is 464 g/mol. The molecule has 11 nitrogen and oxygen atoms in total. The Bertz CT molecular complexity index is 1250. The first-order valence-electron chi connectivity index (χ1n) is 9.96. The molecule has 0 fully saturated rings. The van der Waals surface area contributed by atoms with E-state index in [0.29, 0.717) is 11.3 Å². The highest BCUT2D eigenvalue weighted by Crippen LogP contribution is 2.34. The van der Waals surface area contributed by atoms with Crippen molar-refractivity contribution < 1.29 is 24.1 Å². The Hall–Kier alpha value is -4.80. The topological polar surface area (TPSA) is 146 Å². The molecule has 11 heteroatoms. The number of nitro benzene ring substituents is 2. The molecular formula is C23H20N4O7. The fourth-order valence-corrected chi connectivity index (χ4v) is 3.01. The smallest absolute Gasteiger partial charge is 0.318 e. The maximum Gasteiger partial charge on any atom is 0.318 e. The van der Waals surface area contributed by atoms with Crippen molar-refractivity contribution in [3.8, 4) is 17.2 Å². The molecule has 0 saturated heterocycles. The molecule has 0 radical (unpaired) electrons. The van der Waals surface area contributed by atoms with E-state index in [4.69, 9.17) is 9.47 Å². The molecule has 174 valence electrons. The van der Waals surface area contributed by atoms with E-state index >= 15 is 0 Å². The van der Waals surface area contributed by atoms with Crippen LogP contribution >= 0.6 is 0 Å². The first-order chi connectivity index (χ1) is 16.2. The number of amides is 1. The van der Waals surface area contributed by atoms with Crippen LogP contribution in [0.25, 0.3) is 0 Å². The van der Waals surface area contributed by atoms with Crippen molar-refractivity contribution in [3.63, 3.8) is 0 Å². The summed E-state index contributed by atoms with van der Waals surface area (Å²) >= 11 is 0. The van der Waals surface area contributed by atoms with Crippen LogP contribution in [0, 0.1) is 34.1 Å². The molecule has 0 bridgehead atoms. The number of nitro groups is 2. The van der Waals surface area contributed by atoms with Crippen molar-refractivity contribution in [1.82, 2.24) is 5.43 Å². The van der Waals surface area contributed by atoms with Gasteiger partial charge in [0.15, 0.2) is 6.61 Å². The average Bonchev–Trinajstić information content (AvgIpc) is 2.79. The highest BCUT2D eigenvalue weighted by molar-refractivity contribution is 5.83. The highest BCUT2D eigenvalue weighted by Gasteiger charge is 2.21. The van der Waals surface area contributed by atoms with E-state index in [0.717, 1.165) is 29.3 Å². The van der Waals surface area contributed by atoms with Gasteiger partial charge in [-0.2, -0.15) is 5.10 Å². The molecule has 0 unspecified atom stereocenters. The Kier molecular flexibility index (Phi) is 7.49. The molecule has 0 atom stereocenters. The normalized spacial score (nSPS) is 10.6. The summed E-state index contributed by atoms with van der Waals surface area (Å²) in [6, 6.07) is 15.2. The van der Waals surface area contributed by atoms with E-state index in [9.17, 15) is 25.0 Å². The number of nitrogens with zero attached hydrogens (tertiary/aromatic N) is 3. The number of hydrogen-bond acceptors (Lipinski definition) is 8. The lowest BCUT2D eigenvalue weighted by molar-refractivity contribution is -0.394. The van der Waals surface area contributed by atoms with Crippen molar-refractivity contribution in [2.75, 3.05) is 6.61 Å². The van der Waals surface area contributed by atoms with E-state index in [1.807, 2.05) is 32.0 Å². The Balaban J connectivity index is 1.63. The maximum atomic E-state index is 12.0. The molecule has 0 aromatic heterocycles. The minimum Gasteiger partial charge on any atom is -0.483 e. The monoisotopic (exact) mass is 464 g/mol. The van der Waals surface area contributed by atoms with Crippen LogP contribution in [0.4, 0.5) is 11.4 Å². The molecule has 3 rings (SSSR count). The van der Waals surface area contributed by atoms with Gasteiger partial charge in [0.1, 0.15) is 11.5 Å². The van der Waals surface area contributed by atoms with Crippen LogP contribution in [0.5, 0.6) is 17.2 Å². The fourth-order valence-electron chi connectivity index (χ4n) is 3.01. The van der Waals surface area contributed by atoms with Gasteiger partial charge >= 0.3 is 5.69 Å². The Morgan fingerprint density at radius 2 is 1.71 bits per heavy atom. The SMILES string of the molecule is Cc1cccc(C)c1OCC(=O)NN=Cc1cccc(Oc2ccc([N+](=O)[O-])cc2[N+](=O)[O-])c1. The number of aryl methyl sites for hydroxylation is 2. The Morgan fingerprint density at radius 1 is 1.00 bits per heavy atom. The summed E-state index contributed by atoms with van der Waals surface area (Å²) in [5.41, 5.74) is 3.78. The number of ether oxygens (including phenoxy) is 2. The van der Waals surface area contributed by atoms with Gasteiger partial charge in [0.2, 0.25) is 5.75 Å². The molecule has 3 aromatic carbocycles. The quantitative estimate of drug-likeness (QED) is 0.280. The summed E-state index contributed by atoms with van der Waals surface area (Å²) in [4.78, 5) is 32.7. The van der Waals surface area contributed by atoms with Gasteiger partial charge in [-0.1, -0.05) is 30.3 Å². The zero-order valence-corrected chi connectivity index (χ0v) is 18.3. The van der Waals surface area contributed by atoms with Gasteiger partial charge < -0.3 is 9.47 Å². The van der Waals surface area contributed by atoms with E-state index in [2.05, 4.69) is 10.5 Å². The lowest BCUT2D eigenvalue weighted by atomic mass is 10.1. The summed E-state index contributed by atoms with van der Waals surface area (Å²) < 4.78 is 11.1. The standard InChI is InChI=1S/C23H20N4O7/c1-15-5-3-6-16(2)23(15)33-14-22(28)25-24-13-17-7-4-8-19(11-17)34-21-10-9-18(26(29)30)12-20(21)27(31)32/h3-13H,14H2,1-2H3,(H,25,28). The molecule has 0 saturated carbocycles. The molecule has 1 N–H and O–H groups in total. The number of hydrazone groups is 1. The predicted octanol–water partition coefficient (Wildman–Crippen LogP) is 4.44. The van der Waals surface area contributed by atoms with Gasteiger partial charge in [-0.15, -0.1) is 0 Å². The number of non-ortho nitro benzene ring substituents is 1. The Morgan fingerprint density at radius 3 is 2.38 bits per heavy atom. The van der Waals surface area contributed by atoms with E-state index in [1.54, 1.807) is 18.2 Å². The van der Waals surface area contributed by atoms with Gasteiger partial charge in [-0.25, -0.2) is 5.43 Å². The zero-order valence-electron chi connectivity index (χ0n) is 18.3. The lowest BCUT2D eigenvalue weighted by Gasteiger charge is -2.10. The minimum absolute atomic E-state index is 0.151. The third-order valence-corrected chi connectivity index (χ3v) is 4.60. The minimum atomic E-state index is -0.760. The lowest BCUT2D eigenvalue weighted by Crippen LogP contribution is -2.25. The number of carbonyl (C=O) groups excluding carboxylic acids is 1. The molecule has 1 amide bonds. The van der Waals surface area contributed by atoms with E-state index in [-0.39, 0.29) is 18.1 Å². The molecule has 34 heavy (non-hydrogen) atoms. The van der Waals surface area contributed by atoms with Crippen LogP contribution in [-0.2, 0) is 4.79 Å². The van der Waals surface area contributed by atoms with Crippen LogP contribution < -0.4 is 14.9 Å². The molecule has 0 heterocycles. The van der Waals surface area contributed by atoms with Crippen molar-refractivity contribution in [2.24, 2.45) is 5.10 Å².